The first kappa shape index (κ1) is 7.07. The highest BCUT2D eigenvalue weighted by Crippen LogP contribution is 2.33. The molecule has 0 radical (unpaired) electrons. The third-order valence-electron chi connectivity index (χ3n) is 1.88. The molecule has 0 aromatic rings. The lowest BCUT2D eigenvalue weighted by atomic mass is 10.4. The Hall–Kier alpha value is -1.04. The zero-order valence-electron chi connectivity index (χ0n) is 5.95. The summed E-state index contributed by atoms with van der Waals surface area (Å²) in [6, 6.07) is 2.30. The van der Waals surface area contributed by atoms with Gasteiger partial charge in [-0.2, -0.15) is 5.26 Å². The van der Waals surface area contributed by atoms with Crippen molar-refractivity contribution in [2.75, 3.05) is 6.54 Å². The molecule has 3 nitrogen and oxygen atoms in total. The van der Waals surface area contributed by atoms with Crippen LogP contribution in [0.25, 0.3) is 0 Å². The summed E-state index contributed by atoms with van der Waals surface area (Å²) >= 11 is 0. The fourth-order valence-corrected chi connectivity index (χ4v) is 1.08. The Balaban J connectivity index is 2.36. The van der Waals surface area contributed by atoms with Gasteiger partial charge in [0.15, 0.2) is 0 Å². The lowest BCUT2D eigenvalue weighted by Gasteiger charge is -2.10. The third kappa shape index (κ3) is 1.27. The van der Waals surface area contributed by atoms with Crippen molar-refractivity contribution in [2.45, 2.75) is 19.4 Å². The largest absolute Gasteiger partial charge is 0.329 e. The standard InChI is InChI=1S/C7H10N2O/c1-6-4-7(6)9(5-10)3-2-8/h5-7H,3-4H2,1H3. The zero-order chi connectivity index (χ0) is 7.56. The van der Waals surface area contributed by atoms with E-state index in [1.165, 1.54) is 0 Å². The van der Waals surface area contributed by atoms with Crippen LogP contribution in [-0.4, -0.2) is 23.9 Å². The molecule has 1 aliphatic carbocycles. The van der Waals surface area contributed by atoms with Gasteiger partial charge in [-0.3, -0.25) is 4.79 Å². The van der Waals surface area contributed by atoms with Crippen LogP contribution in [0.1, 0.15) is 13.3 Å². The van der Waals surface area contributed by atoms with Gasteiger partial charge in [-0.25, -0.2) is 0 Å². The number of rotatable bonds is 3. The summed E-state index contributed by atoms with van der Waals surface area (Å²) in [7, 11) is 0. The normalized spacial score (nSPS) is 28.8. The van der Waals surface area contributed by atoms with Crippen LogP contribution in [0.15, 0.2) is 0 Å². The smallest absolute Gasteiger partial charge is 0.210 e. The number of carbonyl (C=O) groups is 1. The van der Waals surface area contributed by atoms with Gasteiger partial charge in [0.05, 0.1) is 6.07 Å². The minimum Gasteiger partial charge on any atom is -0.329 e. The quantitative estimate of drug-likeness (QED) is 0.418. The van der Waals surface area contributed by atoms with Gasteiger partial charge in [0.1, 0.15) is 6.54 Å². The topological polar surface area (TPSA) is 44.1 Å². The summed E-state index contributed by atoms with van der Waals surface area (Å²) in [4.78, 5) is 11.9. The maximum atomic E-state index is 10.3. The van der Waals surface area contributed by atoms with Crippen molar-refractivity contribution in [3.63, 3.8) is 0 Å². The number of nitriles is 1. The molecule has 0 bridgehead atoms. The van der Waals surface area contributed by atoms with Crippen molar-refractivity contribution in [2.24, 2.45) is 5.92 Å². The summed E-state index contributed by atoms with van der Waals surface area (Å²) in [5.41, 5.74) is 0. The van der Waals surface area contributed by atoms with E-state index in [1.54, 1.807) is 4.90 Å². The van der Waals surface area contributed by atoms with Crippen LogP contribution in [-0.2, 0) is 4.79 Å². The predicted molar refractivity (Wildman–Crippen MR) is 36.0 cm³/mol. The molecule has 2 unspecified atom stereocenters. The SMILES string of the molecule is CC1CC1N(C=O)CC#N. The van der Waals surface area contributed by atoms with E-state index in [2.05, 4.69) is 6.92 Å². The molecule has 1 fully saturated rings. The minimum atomic E-state index is 0.235. The molecular formula is C7H10N2O. The molecule has 1 saturated carbocycles. The van der Waals surface area contributed by atoms with Crippen molar-refractivity contribution in [3.8, 4) is 6.07 Å². The van der Waals surface area contributed by atoms with Gasteiger partial charge in [0.25, 0.3) is 0 Å². The Morgan fingerprint density at radius 2 is 2.50 bits per heavy atom. The van der Waals surface area contributed by atoms with Gasteiger partial charge in [-0.1, -0.05) is 6.92 Å². The van der Waals surface area contributed by atoms with Crippen molar-refractivity contribution < 1.29 is 4.79 Å². The first-order valence-corrected chi connectivity index (χ1v) is 3.37. The van der Waals surface area contributed by atoms with Crippen molar-refractivity contribution >= 4 is 6.41 Å². The average molecular weight is 138 g/mol. The minimum absolute atomic E-state index is 0.235. The van der Waals surface area contributed by atoms with Crippen LogP contribution in [0, 0.1) is 17.2 Å². The van der Waals surface area contributed by atoms with Crippen molar-refractivity contribution in [1.29, 1.82) is 5.26 Å². The molecule has 10 heavy (non-hydrogen) atoms. The first-order chi connectivity index (χ1) is 4.79. The van der Waals surface area contributed by atoms with Gasteiger partial charge in [-0.05, 0) is 12.3 Å². The summed E-state index contributed by atoms with van der Waals surface area (Å²) in [6.45, 7) is 2.32. The molecule has 54 valence electrons. The maximum absolute atomic E-state index is 10.3. The lowest BCUT2D eigenvalue weighted by Crippen LogP contribution is -2.25. The second-order valence-corrected chi connectivity index (χ2v) is 2.72. The third-order valence-corrected chi connectivity index (χ3v) is 1.88. The summed E-state index contributed by atoms with van der Waals surface area (Å²) in [5.74, 6) is 0.596. The highest BCUT2D eigenvalue weighted by atomic mass is 16.1. The van der Waals surface area contributed by atoms with Crippen LogP contribution in [0.3, 0.4) is 0 Å². The second-order valence-electron chi connectivity index (χ2n) is 2.72. The first-order valence-electron chi connectivity index (χ1n) is 3.37. The summed E-state index contributed by atoms with van der Waals surface area (Å²) < 4.78 is 0. The number of nitrogens with zero attached hydrogens (tertiary/aromatic N) is 2. The fraction of sp³-hybridized carbons (Fsp3) is 0.714. The molecule has 0 aromatic carbocycles. The number of hydrogen-bond donors (Lipinski definition) is 0. The summed E-state index contributed by atoms with van der Waals surface area (Å²) in [5, 5.41) is 8.28. The molecule has 0 aromatic heterocycles. The molecule has 0 aliphatic heterocycles. The van der Waals surface area contributed by atoms with Crippen molar-refractivity contribution in [1.82, 2.24) is 4.90 Å². The van der Waals surface area contributed by atoms with Gasteiger partial charge < -0.3 is 4.90 Å². The fourth-order valence-electron chi connectivity index (χ4n) is 1.08. The maximum Gasteiger partial charge on any atom is 0.210 e. The van der Waals surface area contributed by atoms with Crippen molar-refractivity contribution in [3.05, 3.63) is 0 Å². The Labute approximate surface area is 60.2 Å². The monoisotopic (exact) mass is 138 g/mol. The molecule has 2 atom stereocenters. The molecule has 0 spiro atoms. The van der Waals surface area contributed by atoms with E-state index in [-0.39, 0.29) is 6.54 Å². The molecule has 1 rings (SSSR count). The van der Waals surface area contributed by atoms with E-state index in [1.807, 2.05) is 6.07 Å². The van der Waals surface area contributed by atoms with Gasteiger partial charge in [0.2, 0.25) is 6.41 Å². The van der Waals surface area contributed by atoms with Crippen LogP contribution in [0.2, 0.25) is 0 Å². The lowest BCUT2D eigenvalue weighted by molar-refractivity contribution is -0.118. The van der Waals surface area contributed by atoms with E-state index in [0.717, 1.165) is 12.8 Å². The van der Waals surface area contributed by atoms with Gasteiger partial charge in [-0.15, -0.1) is 0 Å². The average Bonchev–Trinajstić information content (AvgIpc) is 2.62. The van der Waals surface area contributed by atoms with E-state index in [4.69, 9.17) is 5.26 Å². The Morgan fingerprint density at radius 3 is 2.80 bits per heavy atom. The molecule has 0 N–H and O–H groups in total. The Bertz CT molecular complexity index is 173. The number of carbonyl (C=O) groups excluding carboxylic acids is 1. The number of amides is 1. The Kier molecular flexibility index (Phi) is 1.91. The molecule has 0 saturated heterocycles. The molecule has 1 aliphatic rings. The predicted octanol–water partition coefficient (Wildman–Crippen LogP) is 0.377. The zero-order valence-corrected chi connectivity index (χ0v) is 5.95. The van der Waals surface area contributed by atoms with E-state index in [9.17, 15) is 4.79 Å². The van der Waals surface area contributed by atoms with E-state index < -0.39 is 0 Å². The molecule has 0 heterocycles. The van der Waals surface area contributed by atoms with Crippen LogP contribution in [0.5, 0.6) is 0 Å². The van der Waals surface area contributed by atoms with Crippen LogP contribution < -0.4 is 0 Å². The number of hydrogen-bond acceptors (Lipinski definition) is 2. The van der Waals surface area contributed by atoms with Gasteiger partial charge in [0, 0.05) is 6.04 Å². The Morgan fingerprint density at radius 1 is 1.90 bits per heavy atom. The van der Waals surface area contributed by atoms with E-state index in [0.29, 0.717) is 12.0 Å². The van der Waals surface area contributed by atoms with Gasteiger partial charge >= 0.3 is 0 Å². The molecule has 3 heteroatoms. The highest BCUT2D eigenvalue weighted by molar-refractivity contribution is 5.49. The molecule has 1 amide bonds. The van der Waals surface area contributed by atoms with E-state index >= 15 is 0 Å². The van der Waals surface area contributed by atoms with Crippen LogP contribution >= 0.6 is 0 Å². The van der Waals surface area contributed by atoms with Crippen LogP contribution in [0.4, 0.5) is 0 Å². The second kappa shape index (κ2) is 2.70. The summed E-state index contributed by atoms with van der Waals surface area (Å²) in [6.07, 6.45) is 1.82. The molecular weight excluding hydrogens is 128 g/mol. The highest BCUT2D eigenvalue weighted by Gasteiger charge is 2.37.